The van der Waals surface area contributed by atoms with Crippen molar-refractivity contribution >= 4 is 5.97 Å². The predicted octanol–water partition coefficient (Wildman–Crippen LogP) is 3.36. The third kappa shape index (κ3) is 1.81. The first-order valence-corrected chi connectivity index (χ1v) is 7.03. The number of hydrogen-bond acceptors (Lipinski definition) is 3. The summed E-state index contributed by atoms with van der Waals surface area (Å²) in [6.07, 6.45) is 6.82. The Kier molecular flexibility index (Phi) is 2.29. The molecule has 4 fully saturated rings. The topological polar surface area (TPSA) is 50.1 Å². The molecule has 4 aliphatic rings. The summed E-state index contributed by atoms with van der Waals surface area (Å²) in [5.41, 5.74) is -0.444. The van der Waals surface area contributed by atoms with Gasteiger partial charge in [-0.2, -0.15) is 5.26 Å². The van der Waals surface area contributed by atoms with E-state index in [1.165, 1.54) is 6.08 Å². The lowest BCUT2D eigenvalue weighted by Gasteiger charge is -2.66. The van der Waals surface area contributed by atoms with Gasteiger partial charge in [-0.05, 0) is 42.9 Å². The van der Waals surface area contributed by atoms with E-state index in [0.717, 1.165) is 32.1 Å². The molecule has 4 aliphatic carbocycles. The lowest BCUT2D eigenvalue weighted by Crippen LogP contribution is -2.63. The van der Waals surface area contributed by atoms with Gasteiger partial charge in [0.1, 0.15) is 5.60 Å². The Labute approximate surface area is 114 Å². The van der Waals surface area contributed by atoms with Crippen LogP contribution in [0.5, 0.6) is 0 Å². The van der Waals surface area contributed by atoms with Gasteiger partial charge in [0.25, 0.3) is 0 Å². The molecule has 2 unspecified atom stereocenters. The lowest BCUT2D eigenvalue weighted by molar-refractivity contribution is -0.225. The minimum Gasteiger partial charge on any atom is -0.456 e. The van der Waals surface area contributed by atoms with Crippen molar-refractivity contribution in [3.8, 4) is 6.07 Å². The maximum Gasteiger partial charge on any atom is 0.330 e. The summed E-state index contributed by atoms with van der Waals surface area (Å²) < 4.78 is 5.75. The third-order valence-electron chi connectivity index (χ3n) is 5.26. The quantitative estimate of drug-likeness (QED) is 0.564. The first-order valence-electron chi connectivity index (χ1n) is 7.03. The number of carbonyl (C=O) groups excluding carboxylic acids is 1. The number of nitriles is 1. The Hall–Kier alpha value is -1.30. The van der Waals surface area contributed by atoms with Crippen LogP contribution in [0, 0.1) is 27.6 Å². The highest BCUT2D eigenvalue weighted by Gasteiger charge is 2.67. The maximum atomic E-state index is 11.7. The molecule has 102 valence electrons. The second-order valence-corrected chi connectivity index (χ2v) is 7.88. The van der Waals surface area contributed by atoms with Crippen LogP contribution < -0.4 is 0 Å². The fourth-order valence-corrected chi connectivity index (χ4v) is 6.07. The van der Waals surface area contributed by atoms with E-state index in [1.54, 1.807) is 0 Å². The molecule has 0 aliphatic heterocycles. The largest absolute Gasteiger partial charge is 0.456 e. The van der Waals surface area contributed by atoms with Crippen LogP contribution in [0.3, 0.4) is 0 Å². The molecule has 0 radical (unpaired) electrons. The SMILES string of the molecule is C=CC(=O)OC12CC3(C)CC(C)(CC(C#N)(C3)C1)C2. The number of rotatable bonds is 2. The molecule has 0 N–H and O–H groups in total. The van der Waals surface area contributed by atoms with E-state index in [0.29, 0.717) is 6.42 Å². The summed E-state index contributed by atoms with van der Waals surface area (Å²) in [6, 6.07) is 2.56. The van der Waals surface area contributed by atoms with Gasteiger partial charge in [0.15, 0.2) is 0 Å². The first kappa shape index (κ1) is 12.7. The van der Waals surface area contributed by atoms with Crippen LogP contribution in [0.25, 0.3) is 0 Å². The highest BCUT2D eigenvalue weighted by molar-refractivity contribution is 5.81. The Balaban J connectivity index is 2.02. The van der Waals surface area contributed by atoms with Gasteiger partial charge in [0, 0.05) is 12.5 Å². The van der Waals surface area contributed by atoms with Gasteiger partial charge in [0.05, 0.1) is 11.5 Å². The molecule has 19 heavy (non-hydrogen) atoms. The molecule has 0 saturated heterocycles. The number of hydrogen-bond donors (Lipinski definition) is 0. The summed E-state index contributed by atoms with van der Waals surface area (Å²) in [4.78, 5) is 11.7. The van der Waals surface area contributed by atoms with E-state index in [4.69, 9.17) is 4.74 Å². The van der Waals surface area contributed by atoms with Crippen LogP contribution >= 0.6 is 0 Å². The van der Waals surface area contributed by atoms with Crippen LogP contribution in [0.4, 0.5) is 0 Å². The van der Waals surface area contributed by atoms with E-state index in [2.05, 4.69) is 26.5 Å². The maximum absolute atomic E-state index is 11.7. The molecule has 3 nitrogen and oxygen atoms in total. The Morgan fingerprint density at radius 1 is 1.16 bits per heavy atom. The van der Waals surface area contributed by atoms with E-state index >= 15 is 0 Å². The zero-order chi connectivity index (χ0) is 13.9. The van der Waals surface area contributed by atoms with Gasteiger partial charge >= 0.3 is 5.97 Å². The minimum absolute atomic E-state index is 0.140. The lowest BCUT2D eigenvalue weighted by atomic mass is 9.39. The van der Waals surface area contributed by atoms with Crippen molar-refractivity contribution in [1.82, 2.24) is 0 Å². The van der Waals surface area contributed by atoms with Gasteiger partial charge in [-0.25, -0.2) is 4.79 Å². The van der Waals surface area contributed by atoms with Crippen LogP contribution in [0.15, 0.2) is 12.7 Å². The number of ether oxygens (including phenoxy) is 1. The number of esters is 1. The molecular formula is C16H21NO2. The number of nitrogens with zero attached hydrogens (tertiary/aromatic N) is 1. The van der Waals surface area contributed by atoms with Crippen molar-refractivity contribution < 1.29 is 9.53 Å². The molecule has 4 bridgehead atoms. The molecule has 0 heterocycles. The van der Waals surface area contributed by atoms with Gasteiger partial charge < -0.3 is 4.74 Å². The van der Waals surface area contributed by atoms with E-state index in [1.807, 2.05) is 0 Å². The Bertz CT molecular complexity index is 483. The van der Waals surface area contributed by atoms with Crippen LogP contribution in [0.1, 0.15) is 52.4 Å². The predicted molar refractivity (Wildman–Crippen MR) is 71.0 cm³/mol. The van der Waals surface area contributed by atoms with Crippen LogP contribution in [-0.2, 0) is 9.53 Å². The summed E-state index contributed by atoms with van der Waals surface area (Å²) in [7, 11) is 0. The van der Waals surface area contributed by atoms with Crippen molar-refractivity contribution in [3.05, 3.63) is 12.7 Å². The standard InChI is InChI=1S/C16H21NO2/c1-4-12(18)19-16-8-13(2)5-14(3,9-16)7-15(6-13,10-16)11-17/h4H,1,5-10H2,2-3H3. The fraction of sp³-hybridized carbons (Fsp3) is 0.750. The summed E-state index contributed by atoms with van der Waals surface area (Å²) in [5, 5.41) is 9.66. The van der Waals surface area contributed by atoms with Crippen molar-refractivity contribution in [3.63, 3.8) is 0 Å². The van der Waals surface area contributed by atoms with E-state index in [-0.39, 0.29) is 22.2 Å². The smallest absolute Gasteiger partial charge is 0.330 e. The highest BCUT2D eigenvalue weighted by atomic mass is 16.6. The minimum atomic E-state index is -0.431. The number of carbonyl (C=O) groups is 1. The van der Waals surface area contributed by atoms with Crippen molar-refractivity contribution in [2.75, 3.05) is 0 Å². The van der Waals surface area contributed by atoms with Crippen LogP contribution in [-0.4, -0.2) is 11.6 Å². The average molecular weight is 259 g/mol. The van der Waals surface area contributed by atoms with Gasteiger partial charge in [-0.15, -0.1) is 0 Å². The molecule has 0 spiro atoms. The average Bonchev–Trinajstić information content (AvgIpc) is 2.23. The van der Waals surface area contributed by atoms with E-state index < -0.39 is 5.60 Å². The molecule has 4 rings (SSSR count). The summed E-state index contributed by atoms with van der Waals surface area (Å²) in [5.74, 6) is -0.345. The van der Waals surface area contributed by atoms with E-state index in [9.17, 15) is 10.1 Å². The fourth-order valence-electron chi connectivity index (χ4n) is 6.07. The first-order chi connectivity index (χ1) is 8.76. The zero-order valence-electron chi connectivity index (χ0n) is 11.8. The van der Waals surface area contributed by atoms with Gasteiger partial charge in [-0.3, -0.25) is 0 Å². The van der Waals surface area contributed by atoms with Crippen molar-refractivity contribution in [1.29, 1.82) is 5.26 Å². The van der Waals surface area contributed by atoms with Crippen molar-refractivity contribution in [2.24, 2.45) is 16.2 Å². The van der Waals surface area contributed by atoms with Gasteiger partial charge in [0.2, 0.25) is 0 Å². The second kappa shape index (κ2) is 3.42. The summed E-state index contributed by atoms with van der Waals surface area (Å²) >= 11 is 0. The Morgan fingerprint density at radius 3 is 2.21 bits per heavy atom. The third-order valence-corrected chi connectivity index (χ3v) is 5.26. The monoisotopic (exact) mass is 259 g/mol. The molecule has 2 atom stereocenters. The molecular weight excluding hydrogens is 238 g/mol. The Morgan fingerprint density at radius 2 is 1.74 bits per heavy atom. The highest BCUT2D eigenvalue weighted by Crippen LogP contribution is 2.71. The molecule has 4 saturated carbocycles. The zero-order valence-corrected chi connectivity index (χ0v) is 11.8. The summed E-state index contributed by atoms with van der Waals surface area (Å²) in [6.45, 7) is 8.00. The normalized spacial score (nSPS) is 50.6. The molecule has 0 aromatic heterocycles. The van der Waals surface area contributed by atoms with Crippen molar-refractivity contribution in [2.45, 2.75) is 58.0 Å². The van der Waals surface area contributed by atoms with Gasteiger partial charge in [-0.1, -0.05) is 20.4 Å². The second-order valence-electron chi connectivity index (χ2n) is 7.88. The molecule has 3 heteroatoms. The molecule has 0 amide bonds. The molecule has 0 aromatic carbocycles. The van der Waals surface area contributed by atoms with Crippen LogP contribution in [0.2, 0.25) is 0 Å². The molecule has 0 aromatic rings.